The van der Waals surface area contributed by atoms with E-state index in [0.717, 1.165) is 11.3 Å². The highest BCUT2D eigenvalue weighted by atomic mass is 32.1. The number of pyridine rings is 1. The number of fused-ring (bicyclic) bond motifs is 1. The van der Waals surface area contributed by atoms with E-state index in [4.69, 9.17) is 5.11 Å². The van der Waals surface area contributed by atoms with Crippen LogP contribution >= 0.6 is 11.3 Å². The molecule has 0 fully saturated rings. The van der Waals surface area contributed by atoms with Crippen molar-refractivity contribution in [1.29, 1.82) is 0 Å². The van der Waals surface area contributed by atoms with Crippen LogP contribution in [-0.4, -0.2) is 25.4 Å². The molecule has 3 aromatic rings. The number of thiazole rings is 1. The van der Waals surface area contributed by atoms with Gasteiger partial charge in [0.25, 0.3) is 0 Å². The molecule has 0 amide bonds. The topological polar surface area (TPSA) is 67.5 Å². The van der Waals surface area contributed by atoms with Crippen LogP contribution in [-0.2, 0) is 0 Å². The summed E-state index contributed by atoms with van der Waals surface area (Å²) in [6.45, 7) is 0. The van der Waals surface area contributed by atoms with Gasteiger partial charge in [-0.05, 0) is 12.1 Å². The SMILES string of the molecule is O=C(O)c1csc(-c2cnc3ccccn23)n1. The van der Waals surface area contributed by atoms with Gasteiger partial charge in [-0.25, -0.2) is 14.8 Å². The zero-order valence-electron chi connectivity index (χ0n) is 8.57. The van der Waals surface area contributed by atoms with E-state index in [0.29, 0.717) is 5.01 Å². The molecule has 0 unspecified atom stereocenters. The number of rotatable bonds is 2. The zero-order valence-corrected chi connectivity index (χ0v) is 9.39. The fourth-order valence-electron chi connectivity index (χ4n) is 1.58. The van der Waals surface area contributed by atoms with Crippen LogP contribution in [0.2, 0.25) is 0 Å². The summed E-state index contributed by atoms with van der Waals surface area (Å²) in [5.74, 6) is -1.01. The van der Waals surface area contributed by atoms with Gasteiger partial charge in [0.1, 0.15) is 16.3 Å². The summed E-state index contributed by atoms with van der Waals surface area (Å²) in [6, 6.07) is 5.68. The van der Waals surface area contributed by atoms with Crippen molar-refractivity contribution >= 4 is 23.0 Å². The summed E-state index contributed by atoms with van der Waals surface area (Å²) in [5, 5.41) is 11.0. The van der Waals surface area contributed by atoms with Gasteiger partial charge in [-0.2, -0.15) is 0 Å². The molecule has 3 heterocycles. The molecule has 0 aliphatic rings. The molecule has 0 aliphatic carbocycles. The third-order valence-electron chi connectivity index (χ3n) is 2.36. The Bertz CT molecular complexity index is 701. The minimum absolute atomic E-state index is 0.0656. The highest BCUT2D eigenvalue weighted by Crippen LogP contribution is 2.24. The van der Waals surface area contributed by atoms with Crippen LogP contribution in [0.4, 0.5) is 0 Å². The minimum atomic E-state index is -1.01. The second kappa shape index (κ2) is 3.67. The minimum Gasteiger partial charge on any atom is -0.476 e. The quantitative estimate of drug-likeness (QED) is 0.751. The molecule has 17 heavy (non-hydrogen) atoms. The molecule has 6 heteroatoms. The van der Waals surface area contributed by atoms with Crippen molar-refractivity contribution in [2.45, 2.75) is 0 Å². The first-order chi connectivity index (χ1) is 8.25. The maximum atomic E-state index is 10.8. The van der Waals surface area contributed by atoms with Crippen LogP contribution < -0.4 is 0 Å². The van der Waals surface area contributed by atoms with E-state index in [9.17, 15) is 4.79 Å². The third kappa shape index (κ3) is 1.58. The van der Waals surface area contributed by atoms with Crippen molar-refractivity contribution in [3.05, 3.63) is 41.7 Å². The van der Waals surface area contributed by atoms with E-state index in [2.05, 4.69) is 9.97 Å². The first-order valence-corrected chi connectivity index (χ1v) is 5.75. The fraction of sp³-hybridized carbons (Fsp3) is 0. The average Bonchev–Trinajstić information content (AvgIpc) is 2.95. The zero-order chi connectivity index (χ0) is 11.8. The van der Waals surface area contributed by atoms with Gasteiger partial charge < -0.3 is 5.11 Å². The molecule has 84 valence electrons. The number of carboxylic acid groups (broad SMARTS) is 1. The first-order valence-electron chi connectivity index (χ1n) is 4.87. The van der Waals surface area contributed by atoms with E-state index in [1.54, 1.807) is 6.20 Å². The summed E-state index contributed by atoms with van der Waals surface area (Å²) >= 11 is 1.30. The van der Waals surface area contributed by atoms with E-state index in [1.807, 2.05) is 28.8 Å². The lowest BCUT2D eigenvalue weighted by Crippen LogP contribution is -1.96. The van der Waals surface area contributed by atoms with Gasteiger partial charge >= 0.3 is 5.97 Å². The molecule has 0 spiro atoms. The first kappa shape index (κ1) is 9.98. The van der Waals surface area contributed by atoms with Crippen molar-refractivity contribution in [1.82, 2.24) is 14.4 Å². The largest absolute Gasteiger partial charge is 0.476 e. The van der Waals surface area contributed by atoms with Crippen molar-refractivity contribution in [2.75, 3.05) is 0 Å². The molecular formula is C11H7N3O2S. The highest BCUT2D eigenvalue weighted by Gasteiger charge is 2.13. The maximum absolute atomic E-state index is 10.8. The molecule has 1 N–H and O–H groups in total. The van der Waals surface area contributed by atoms with Crippen LogP contribution in [0.5, 0.6) is 0 Å². The summed E-state index contributed by atoms with van der Waals surface area (Å²) < 4.78 is 1.88. The summed E-state index contributed by atoms with van der Waals surface area (Å²) in [6.07, 6.45) is 3.57. The lowest BCUT2D eigenvalue weighted by atomic mass is 10.4. The number of carboxylic acids is 1. The van der Waals surface area contributed by atoms with E-state index < -0.39 is 5.97 Å². The van der Waals surface area contributed by atoms with Crippen LogP contribution in [0.25, 0.3) is 16.3 Å². The average molecular weight is 245 g/mol. The van der Waals surface area contributed by atoms with Crippen molar-refractivity contribution < 1.29 is 9.90 Å². The highest BCUT2D eigenvalue weighted by molar-refractivity contribution is 7.13. The van der Waals surface area contributed by atoms with Gasteiger partial charge in [-0.15, -0.1) is 11.3 Å². The maximum Gasteiger partial charge on any atom is 0.355 e. The Morgan fingerprint density at radius 2 is 2.29 bits per heavy atom. The Morgan fingerprint density at radius 1 is 1.41 bits per heavy atom. The van der Waals surface area contributed by atoms with Crippen LogP contribution in [0.15, 0.2) is 36.0 Å². The van der Waals surface area contributed by atoms with Crippen molar-refractivity contribution in [3.63, 3.8) is 0 Å². The Kier molecular flexibility index (Phi) is 2.15. The monoisotopic (exact) mass is 245 g/mol. The molecule has 5 nitrogen and oxygen atoms in total. The van der Waals surface area contributed by atoms with E-state index in [1.165, 1.54) is 16.7 Å². The molecular weight excluding hydrogens is 238 g/mol. The van der Waals surface area contributed by atoms with Gasteiger partial charge in [-0.1, -0.05) is 6.07 Å². The second-order valence-electron chi connectivity index (χ2n) is 3.42. The number of hydrogen-bond donors (Lipinski definition) is 1. The molecule has 0 saturated heterocycles. The Labute approximate surface area is 100 Å². The van der Waals surface area contributed by atoms with Gasteiger partial charge in [0.05, 0.1) is 6.20 Å². The number of nitrogens with zero attached hydrogens (tertiary/aromatic N) is 3. The third-order valence-corrected chi connectivity index (χ3v) is 3.22. The lowest BCUT2D eigenvalue weighted by molar-refractivity contribution is 0.0691. The molecule has 3 aromatic heterocycles. The van der Waals surface area contributed by atoms with Crippen molar-refractivity contribution in [2.24, 2.45) is 0 Å². The summed E-state index contributed by atoms with van der Waals surface area (Å²) in [4.78, 5) is 19.1. The van der Waals surface area contributed by atoms with Gasteiger partial charge in [0.15, 0.2) is 5.69 Å². The van der Waals surface area contributed by atoms with Gasteiger partial charge in [0.2, 0.25) is 0 Å². The molecule has 0 atom stereocenters. The summed E-state index contributed by atoms with van der Waals surface area (Å²) in [5.41, 5.74) is 1.68. The standard InChI is InChI=1S/C11H7N3O2S/c15-11(16)7-6-17-10(13-7)8-5-12-9-3-1-2-4-14(8)9/h1-6H,(H,15,16). The fourth-order valence-corrected chi connectivity index (χ4v) is 2.38. The Morgan fingerprint density at radius 3 is 3.06 bits per heavy atom. The smallest absolute Gasteiger partial charge is 0.355 e. The van der Waals surface area contributed by atoms with Crippen molar-refractivity contribution in [3.8, 4) is 10.7 Å². The number of carbonyl (C=O) groups is 1. The normalized spacial score (nSPS) is 10.8. The van der Waals surface area contributed by atoms with Crippen LogP contribution in [0, 0.1) is 0 Å². The number of hydrogen-bond acceptors (Lipinski definition) is 4. The number of aromatic nitrogens is 3. The molecule has 0 aliphatic heterocycles. The molecule has 0 saturated carbocycles. The summed E-state index contributed by atoms with van der Waals surface area (Å²) in [7, 11) is 0. The number of imidazole rings is 1. The van der Waals surface area contributed by atoms with E-state index in [-0.39, 0.29) is 5.69 Å². The lowest BCUT2D eigenvalue weighted by Gasteiger charge is -1.96. The predicted molar refractivity (Wildman–Crippen MR) is 63.3 cm³/mol. The van der Waals surface area contributed by atoms with Gasteiger partial charge in [0, 0.05) is 11.6 Å². The molecule has 0 bridgehead atoms. The molecule has 3 rings (SSSR count). The molecule has 0 aromatic carbocycles. The van der Waals surface area contributed by atoms with Crippen LogP contribution in [0.3, 0.4) is 0 Å². The molecule has 0 radical (unpaired) electrons. The second-order valence-corrected chi connectivity index (χ2v) is 4.27. The predicted octanol–water partition coefficient (Wildman–Crippen LogP) is 2.16. The van der Waals surface area contributed by atoms with Gasteiger partial charge in [-0.3, -0.25) is 4.40 Å². The van der Waals surface area contributed by atoms with E-state index >= 15 is 0 Å². The Hall–Kier alpha value is -2.21. The van der Waals surface area contributed by atoms with Crippen LogP contribution in [0.1, 0.15) is 10.5 Å². The number of aromatic carboxylic acids is 1. The Balaban J connectivity index is 2.17.